The van der Waals surface area contributed by atoms with Crippen molar-refractivity contribution in [3.8, 4) is 0 Å². The van der Waals surface area contributed by atoms with E-state index < -0.39 is 0 Å². The Hall–Kier alpha value is -0.0800. The highest BCUT2D eigenvalue weighted by Crippen LogP contribution is 2.48. The summed E-state index contributed by atoms with van der Waals surface area (Å²) in [7, 11) is 0. The zero-order valence-electron chi connectivity index (χ0n) is 6.25. The molecule has 0 spiro atoms. The third-order valence-electron chi connectivity index (χ3n) is 3.19. The Kier molecular flexibility index (Phi) is 1.66. The first-order chi connectivity index (χ1) is 4.90. The second kappa shape index (κ2) is 2.51. The molecule has 0 radical (unpaired) electrons. The lowest BCUT2D eigenvalue weighted by atomic mass is 9.90. The highest BCUT2D eigenvalue weighted by molar-refractivity contribution is 4.89. The van der Waals surface area contributed by atoms with E-state index in [4.69, 9.17) is 5.90 Å². The van der Waals surface area contributed by atoms with Crippen molar-refractivity contribution in [1.29, 1.82) is 0 Å². The van der Waals surface area contributed by atoms with Crippen LogP contribution in [-0.2, 0) is 4.84 Å². The molecular formula is C8H15NO. The first-order valence-electron chi connectivity index (χ1n) is 4.22. The molecule has 58 valence electrons. The van der Waals surface area contributed by atoms with E-state index in [-0.39, 0.29) is 0 Å². The molecule has 2 N–H and O–H groups in total. The summed E-state index contributed by atoms with van der Waals surface area (Å²) >= 11 is 0. The largest absolute Gasteiger partial charge is 0.304 e. The van der Waals surface area contributed by atoms with E-state index in [1.807, 2.05) is 0 Å². The summed E-state index contributed by atoms with van der Waals surface area (Å²) in [5, 5.41) is 0. The number of hydrogen-bond donors (Lipinski definition) is 1. The van der Waals surface area contributed by atoms with E-state index in [1.54, 1.807) is 0 Å². The molecule has 0 aromatic rings. The van der Waals surface area contributed by atoms with Crippen LogP contribution in [0.25, 0.3) is 0 Å². The molecule has 2 fully saturated rings. The van der Waals surface area contributed by atoms with Gasteiger partial charge in [-0.3, -0.25) is 0 Å². The van der Waals surface area contributed by atoms with Gasteiger partial charge in [0.25, 0.3) is 0 Å². The van der Waals surface area contributed by atoms with Gasteiger partial charge >= 0.3 is 0 Å². The Balaban J connectivity index is 1.90. The Morgan fingerprint density at radius 3 is 2.70 bits per heavy atom. The lowest BCUT2D eigenvalue weighted by Gasteiger charge is -2.19. The van der Waals surface area contributed by atoms with Gasteiger partial charge in [0.05, 0.1) is 6.61 Å². The summed E-state index contributed by atoms with van der Waals surface area (Å²) in [4.78, 5) is 4.68. The molecule has 2 aliphatic carbocycles. The highest BCUT2D eigenvalue weighted by Gasteiger charge is 2.39. The van der Waals surface area contributed by atoms with Crippen LogP contribution in [0.2, 0.25) is 0 Å². The van der Waals surface area contributed by atoms with E-state index in [0.717, 1.165) is 24.4 Å². The first-order valence-corrected chi connectivity index (χ1v) is 4.22. The summed E-state index contributed by atoms with van der Waals surface area (Å²) in [6.45, 7) is 0.793. The fraction of sp³-hybridized carbons (Fsp3) is 1.00. The standard InChI is InChI=1S/C8H15NO/c9-10-5-8-4-6-1-2-7(8)3-6/h6-8H,1-5,9H2/t6-,7+,8+/m1/s1. The van der Waals surface area contributed by atoms with Gasteiger partial charge in [-0.1, -0.05) is 6.42 Å². The summed E-state index contributed by atoms with van der Waals surface area (Å²) in [5.74, 6) is 7.81. The van der Waals surface area contributed by atoms with Crippen LogP contribution < -0.4 is 5.90 Å². The summed E-state index contributed by atoms with van der Waals surface area (Å²) in [6.07, 6.45) is 5.72. The normalized spacial score (nSPS) is 44.7. The fourth-order valence-electron chi connectivity index (χ4n) is 2.70. The number of rotatable bonds is 2. The maximum Gasteiger partial charge on any atom is 0.0710 e. The van der Waals surface area contributed by atoms with Gasteiger partial charge in [0, 0.05) is 0 Å². The van der Waals surface area contributed by atoms with Gasteiger partial charge in [0.15, 0.2) is 0 Å². The molecule has 3 atom stereocenters. The number of nitrogens with two attached hydrogens (primary N) is 1. The molecule has 0 amide bonds. The lowest BCUT2D eigenvalue weighted by molar-refractivity contribution is 0.0796. The molecule has 10 heavy (non-hydrogen) atoms. The third kappa shape index (κ3) is 0.956. The molecule has 2 heteroatoms. The smallest absolute Gasteiger partial charge is 0.0710 e. The zero-order valence-corrected chi connectivity index (χ0v) is 6.25. The molecular weight excluding hydrogens is 126 g/mol. The second-order valence-electron chi connectivity index (χ2n) is 3.77. The van der Waals surface area contributed by atoms with E-state index in [1.165, 1.54) is 25.7 Å². The highest BCUT2D eigenvalue weighted by atomic mass is 16.6. The number of hydrogen-bond acceptors (Lipinski definition) is 2. The average molecular weight is 141 g/mol. The van der Waals surface area contributed by atoms with Gasteiger partial charge in [-0.25, -0.2) is 5.90 Å². The molecule has 2 aliphatic rings. The van der Waals surface area contributed by atoms with Gasteiger partial charge in [-0.05, 0) is 37.0 Å². The quantitative estimate of drug-likeness (QED) is 0.588. The molecule has 2 rings (SSSR count). The van der Waals surface area contributed by atoms with E-state index >= 15 is 0 Å². The van der Waals surface area contributed by atoms with Crippen LogP contribution in [0.5, 0.6) is 0 Å². The van der Waals surface area contributed by atoms with Crippen molar-refractivity contribution in [1.82, 2.24) is 0 Å². The Morgan fingerprint density at radius 2 is 2.20 bits per heavy atom. The predicted octanol–water partition coefficient (Wildman–Crippen LogP) is 1.31. The van der Waals surface area contributed by atoms with Crippen LogP contribution in [0.15, 0.2) is 0 Å². The van der Waals surface area contributed by atoms with Crippen molar-refractivity contribution in [2.24, 2.45) is 23.7 Å². The topological polar surface area (TPSA) is 35.2 Å². The Labute approximate surface area is 61.7 Å². The minimum atomic E-state index is 0.793. The van der Waals surface area contributed by atoms with E-state index in [9.17, 15) is 0 Å². The molecule has 0 unspecified atom stereocenters. The maximum absolute atomic E-state index is 5.04. The fourth-order valence-corrected chi connectivity index (χ4v) is 2.70. The van der Waals surface area contributed by atoms with Gasteiger partial charge in [0.1, 0.15) is 0 Å². The van der Waals surface area contributed by atoms with Crippen molar-refractivity contribution < 1.29 is 4.84 Å². The molecule has 0 aliphatic heterocycles. The van der Waals surface area contributed by atoms with Crippen molar-refractivity contribution in [3.63, 3.8) is 0 Å². The predicted molar refractivity (Wildman–Crippen MR) is 39.1 cm³/mol. The van der Waals surface area contributed by atoms with Gasteiger partial charge < -0.3 is 4.84 Å². The average Bonchev–Trinajstić information content (AvgIpc) is 2.48. The van der Waals surface area contributed by atoms with Crippen LogP contribution in [0, 0.1) is 17.8 Å². The van der Waals surface area contributed by atoms with E-state index in [2.05, 4.69) is 4.84 Å². The van der Waals surface area contributed by atoms with Crippen LogP contribution in [0.3, 0.4) is 0 Å². The van der Waals surface area contributed by atoms with Crippen LogP contribution >= 0.6 is 0 Å². The molecule has 0 heterocycles. The van der Waals surface area contributed by atoms with Gasteiger partial charge in [-0.15, -0.1) is 0 Å². The lowest BCUT2D eigenvalue weighted by Crippen LogP contribution is -2.18. The first kappa shape index (κ1) is 6.62. The second-order valence-corrected chi connectivity index (χ2v) is 3.77. The molecule has 2 bridgehead atoms. The Bertz CT molecular complexity index is 126. The zero-order chi connectivity index (χ0) is 6.97. The SMILES string of the molecule is NOC[C@@H]1C[C@@H]2CC[C@H]1C2. The molecule has 0 saturated heterocycles. The third-order valence-corrected chi connectivity index (χ3v) is 3.19. The van der Waals surface area contributed by atoms with Gasteiger partial charge in [0.2, 0.25) is 0 Å². The monoisotopic (exact) mass is 141 g/mol. The van der Waals surface area contributed by atoms with Crippen molar-refractivity contribution in [2.75, 3.05) is 6.61 Å². The van der Waals surface area contributed by atoms with Crippen LogP contribution in [0.1, 0.15) is 25.7 Å². The molecule has 2 saturated carbocycles. The summed E-state index contributed by atoms with van der Waals surface area (Å²) in [6, 6.07) is 0. The van der Waals surface area contributed by atoms with Crippen LogP contribution in [-0.4, -0.2) is 6.61 Å². The maximum atomic E-state index is 5.04. The Morgan fingerprint density at radius 1 is 1.30 bits per heavy atom. The number of fused-ring (bicyclic) bond motifs is 2. The van der Waals surface area contributed by atoms with Crippen LogP contribution in [0.4, 0.5) is 0 Å². The van der Waals surface area contributed by atoms with Crippen molar-refractivity contribution in [3.05, 3.63) is 0 Å². The van der Waals surface area contributed by atoms with Crippen molar-refractivity contribution >= 4 is 0 Å². The summed E-state index contributed by atoms with van der Waals surface area (Å²) in [5.41, 5.74) is 0. The molecule has 2 nitrogen and oxygen atoms in total. The summed E-state index contributed by atoms with van der Waals surface area (Å²) < 4.78 is 0. The van der Waals surface area contributed by atoms with Crippen molar-refractivity contribution in [2.45, 2.75) is 25.7 Å². The van der Waals surface area contributed by atoms with Gasteiger partial charge in [-0.2, -0.15) is 0 Å². The minimum Gasteiger partial charge on any atom is -0.304 e. The minimum absolute atomic E-state index is 0.793. The molecule has 0 aromatic heterocycles. The van der Waals surface area contributed by atoms with E-state index in [0.29, 0.717) is 0 Å². The molecule has 0 aromatic carbocycles.